The van der Waals surface area contributed by atoms with E-state index in [9.17, 15) is 0 Å². The maximum Gasteiger partial charge on any atom is 0.183 e. The Morgan fingerprint density at radius 1 is 1.56 bits per heavy atom. The Balaban J connectivity index is 1.90. The van der Waals surface area contributed by atoms with Gasteiger partial charge in [-0.25, -0.2) is 4.98 Å². The summed E-state index contributed by atoms with van der Waals surface area (Å²) in [5, 5.41) is 0. The summed E-state index contributed by atoms with van der Waals surface area (Å²) in [6, 6.07) is 0. The van der Waals surface area contributed by atoms with E-state index < -0.39 is 0 Å². The molecule has 1 aromatic heterocycles. The summed E-state index contributed by atoms with van der Waals surface area (Å²) in [5.74, 6) is 0.816. The Labute approximate surface area is 107 Å². The van der Waals surface area contributed by atoms with Crippen molar-refractivity contribution in [2.45, 2.75) is 33.7 Å². The van der Waals surface area contributed by atoms with Crippen molar-refractivity contribution in [2.75, 3.05) is 13.1 Å². The second kappa shape index (κ2) is 4.63. The van der Waals surface area contributed by atoms with Gasteiger partial charge in [0.25, 0.3) is 0 Å². The normalized spacial score (nSPS) is 22.9. The number of hydrogen-bond acceptors (Lipinski definition) is 3. The molecule has 90 valence electrons. The van der Waals surface area contributed by atoms with Gasteiger partial charge in [-0.15, -0.1) is 11.3 Å². The van der Waals surface area contributed by atoms with Crippen LogP contribution in [0, 0.1) is 11.3 Å². The van der Waals surface area contributed by atoms with Crippen molar-refractivity contribution in [3.05, 3.63) is 15.5 Å². The van der Waals surface area contributed by atoms with Crippen molar-refractivity contribution in [1.82, 2.24) is 9.88 Å². The van der Waals surface area contributed by atoms with E-state index in [2.05, 4.69) is 30.7 Å². The summed E-state index contributed by atoms with van der Waals surface area (Å²) in [7, 11) is 0. The van der Waals surface area contributed by atoms with Crippen LogP contribution in [0.25, 0.3) is 0 Å². The minimum absolute atomic E-state index is 0.431. The van der Waals surface area contributed by atoms with E-state index in [1.54, 1.807) is 11.3 Å². The molecule has 1 aliphatic heterocycles. The van der Waals surface area contributed by atoms with Gasteiger partial charge in [-0.2, -0.15) is 0 Å². The maximum absolute atomic E-state index is 5.84. The fraction of sp³-hybridized carbons (Fsp3) is 0.750. The van der Waals surface area contributed by atoms with Crippen LogP contribution in [0.3, 0.4) is 0 Å². The highest BCUT2D eigenvalue weighted by Gasteiger charge is 2.31. The van der Waals surface area contributed by atoms with Crippen LogP contribution in [0.2, 0.25) is 4.47 Å². The Bertz CT molecular complexity index is 356. The third-order valence-electron chi connectivity index (χ3n) is 3.40. The molecule has 2 rings (SSSR count). The SMILES string of the molecule is CC(C)(C)C1CCN(Cc2cnc(Cl)s2)C1. The van der Waals surface area contributed by atoms with E-state index in [0.717, 1.165) is 12.5 Å². The van der Waals surface area contributed by atoms with Gasteiger partial charge in [-0.05, 0) is 24.3 Å². The van der Waals surface area contributed by atoms with Crippen molar-refractivity contribution >= 4 is 22.9 Å². The van der Waals surface area contributed by atoms with E-state index in [4.69, 9.17) is 11.6 Å². The molecular weight excluding hydrogens is 240 g/mol. The summed E-state index contributed by atoms with van der Waals surface area (Å²) in [4.78, 5) is 7.87. The first-order valence-electron chi connectivity index (χ1n) is 5.78. The molecule has 2 heterocycles. The number of halogens is 1. The van der Waals surface area contributed by atoms with Gasteiger partial charge in [0.15, 0.2) is 4.47 Å². The van der Waals surface area contributed by atoms with Gasteiger partial charge in [-0.1, -0.05) is 32.4 Å². The first-order valence-corrected chi connectivity index (χ1v) is 6.97. The molecule has 0 N–H and O–H groups in total. The molecule has 16 heavy (non-hydrogen) atoms. The summed E-state index contributed by atoms with van der Waals surface area (Å²) >= 11 is 7.43. The van der Waals surface area contributed by atoms with E-state index in [1.165, 1.54) is 24.4 Å². The van der Waals surface area contributed by atoms with Gasteiger partial charge >= 0.3 is 0 Å². The average Bonchev–Trinajstić information content (AvgIpc) is 2.74. The number of rotatable bonds is 2. The first kappa shape index (κ1) is 12.3. The third kappa shape index (κ3) is 2.96. The number of hydrogen-bond donors (Lipinski definition) is 0. The van der Waals surface area contributed by atoms with Gasteiger partial charge in [0.2, 0.25) is 0 Å². The zero-order valence-corrected chi connectivity index (χ0v) is 11.7. The summed E-state index contributed by atoms with van der Waals surface area (Å²) in [6.07, 6.45) is 3.22. The molecule has 0 aliphatic carbocycles. The Morgan fingerprint density at radius 2 is 2.31 bits per heavy atom. The predicted octanol–water partition coefficient (Wildman–Crippen LogP) is 3.66. The minimum atomic E-state index is 0.431. The number of nitrogens with zero attached hydrogens (tertiary/aromatic N) is 2. The number of aromatic nitrogens is 1. The van der Waals surface area contributed by atoms with Crippen LogP contribution in [0.5, 0.6) is 0 Å². The van der Waals surface area contributed by atoms with Gasteiger partial charge in [0, 0.05) is 24.2 Å². The lowest BCUT2D eigenvalue weighted by molar-refractivity contribution is 0.227. The average molecular weight is 259 g/mol. The van der Waals surface area contributed by atoms with Crippen molar-refractivity contribution in [3.63, 3.8) is 0 Å². The van der Waals surface area contributed by atoms with Gasteiger partial charge in [0.05, 0.1) is 0 Å². The molecule has 2 nitrogen and oxygen atoms in total. The highest BCUT2D eigenvalue weighted by Crippen LogP contribution is 2.34. The lowest BCUT2D eigenvalue weighted by Crippen LogP contribution is -2.25. The van der Waals surface area contributed by atoms with Gasteiger partial charge in [-0.3, -0.25) is 4.90 Å². The standard InChI is InChI=1S/C12H19ClN2S/c1-12(2,3)9-4-5-15(7-9)8-10-6-14-11(13)16-10/h6,9H,4-5,7-8H2,1-3H3. The fourth-order valence-electron chi connectivity index (χ4n) is 2.26. The molecule has 0 spiro atoms. The predicted molar refractivity (Wildman–Crippen MR) is 70.0 cm³/mol. The zero-order chi connectivity index (χ0) is 11.8. The van der Waals surface area contributed by atoms with E-state index in [-0.39, 0.29) is 0 Å². The summed E-state index contributed by atoms with van der Waals surface area (Å²) in [5.41, 5.74) is 0.431. The van der Waals surface area contributed by atoms with Crippen LogP contribution in [-0.2, 0) is 6.54 Å². The topological polar surface area (TPSA) is 16.1 Å². The third-order valence-corrected chi connectivity index (χ3v) is 4.50. The highest BCUT2D eigenvalue weighted by molar-refractivity contribution is 7.15. The quantitative estimate of drug-likeness (QED) is 0.805. The van der Waals surface area contributed by atoms with E-state index in [1.807, 2.05) is 6.20 Å². The van der Waals surface area contributed by atoms with Crippen LogP contribution >= 0.6 is 22.9 Å². The molecular formula is C12H19ClN2S. The van der Waals surface area contributed by atoms with Gasteiger partial charge < -0.3 is 0 Å². The summed E-state index contributed by atoms with van der Waals surface area (Å²) in [6.45, 7) is 10.4. The van der Waals surface area contributed by atoms with Crippen molar-refractivity contribution < 1.29 is 0 Å². The largest absolute Gasteiger partial charge is 0.298 e. The fourth-order valence-corrected chi connectivity index (χ4v) is 3.28. The minimum Gasteiger partial charge on any atom is -0.298 e. The molecule has 1 unspecified atom stereocenters. The molecule has 0 bridgehead atoms. The van der Waals surface area contributed by atoms with Crippen LogP contribution < -0.4 is 0 Å². The van der Waals surface area contributed by atoms with Crippen LogP contribution in [-0.4, -0.2) is 23.0 Å². The van der Waals surface area contributed by atoms with Crippen molar-refractivity contribution in [1.29, 1.82) is 0 Å². The van der Waals surface area contributed by atoms with E-state index >= 15 is 0 Å². The molecule has 1 fully saturated rings. The lowest BCUT2D eigenvalue weighted by atomic mass is 9.80. The van der Waals surface area contributed by atoms with Crippen LogP contribution in [0.4, 0.5) is 0 Å². The molecule has 4 heteroatoms. The van der Waals surface area contributed by atoms with Gasteiger partial charge in [0.1, 0.15) is 0 Å². The first-order chi connectivity index (χ1) is 7.45. The van der Waals surface area contributed by atoms with E-state index in [0.29, 0.717) is 9.88 Å². The number of thiazole rings is 1. The molecule has 1 aliphatic rings. The molecule has 1 atom stereocenters. The monoisotopic (exact) mass is 258 g/mol. The van der Waals surface area contributed by atoms with Crippen LogP contribution in [0.1, 0.15) is 32.1 Å². The Kier molecular flexibility index (Phi) is 3.57. The Morgan fingerprint density at radius 3 is 2.81 bits per heavy atom. The molecule has 0 amide bonds. The highest BCUT2D eigenvalue weighted by atomic mass is 35.5. The molecule has 0 aromatic carbocycles. The molecule has 0 radical (unpaired) electrons. The molecule has 0 saturated carbocycles. The smallest absolute Gasteiger partial charge is 0.183 e. The number of likely N-dealkylation sites (tertiary alicyclic amines) is 1. The lowest BCUT2D eigenvalue weighted by Gasteiger charge is -2.26. The van der Waals surface area contributed by atoms with Crippen molar-refractivity contribution in [3.8, 4) is 0 Å². The zero-order valence-electron chi connectivity index (χ0n) is 10.2. The van der Waals surface area contributed by atoms with Crippen LogP contribution in [0.15, 0.2) is 6.20 Å². The van der Waals surface area contributed by atoms with Crippen molar-refractivity contribution in [2.24, 2.45) is 11.3 Å². The second-order valence-corrected chi connectivity index (χ2v) is 7.36. The molecule has 1 saturated heterocycles. The summed E-state index contributed by atoms with van der Waals surface area (Å²) < 4.78 is 0.654. The maximum atomic E-state index is 5.84. The second-order valence-electron chi connectivity index (χ2n) is 5.67. The Hall–Kier alpha value is -0.120. The molecule has 1 aromatic rings.